The Labute approximate surface area is 108 Å². The Morgan fingerprint density at radius 2 is 2.12 bits per heavy atom. The molecule has 1 N–H and O–H groups in total. The van der Waals surface area contributed by atoms with E-state index in [-0.39, 0.29) is 5.82 Å². The predicted octanol–water partition coefficient (Wildman–Crippen LogP) is 3.94. The lowest BCUT2D eigenvalue weighted by molar-refractivity contribution is 0.541. The molecule has 0 aliphatic heterocycles. The summed E-state index contributed by atoms with van der Waals surface area (Å²) in [6, 6.07) is 6.81. The lowest BCUT2D eigenvalue weighted by Gasteiger charge is -2.07. The standard InChI is InChI=1S/C14H22FNS/c1-12(2)11-16-8-3-4-9-17-14-7-5-6-13(15)10-14/h5-7,10,12,16H,3-4,8-9,11H2,1-2H3. The SMILES string of the molecule is CC(C)CNCCCCSc1cccc(F)c1. The van der Waals surface area contributed by atoms with Crippen molar-refractivity contribution in [3.8, 4) is 0 Å². The fourth-order valence-electron chi connectivity index (χ4n) is 1.49. The lowest BCUT2D eigenvalue weighted by atomic mass is 10.2. The summed E-state index contributed by atoms with van der Waals surface area (Å²) in [5.74, 6) is 1.64. The van der Waals surface area contributed by atoms with Crippen LogP contribution in [-0.2, 0) is 0 Å². The quantitative estimate of drug-likeness (QED) is 0.558. The van der Waals surface area contributed by atoms with Crippen LogP contribution in [0.25, 0.3) is 0 Å². The molecule has 0 fully saturated rings. The number of nitrogens with one attached hydrogen (secondary N) is 1. The van der Waals surface area contributed by atoms with E-state index in [9.17, 15) is 4.39 Å². The Hall–Kier alpha value is -0.540. The van der Waals surface area contributed by atoms with Crippen molar-refractivity contribution in [1.29, 1.82) is 0 Å². The maximum absolute atomic E-state index is 12.9. The van der Waals surface area contributed by atoms with Crippen molar-refractivity contribution in [3.05, 3.63) is 30.1 Å². The molecule has 0 aromatic heterocycles. The first-order valence-corrected chi connectivity index (χ1v) is 7.26. The summed E-state index contributed by atoms with van der Waals surface area (Å²) < 4.78 is 12.9. The highest BCUT2D eigenvalue weighted by atomic mass is 32.2. The van der Waals surface area contributed by atoms with Crippen molar-refractivity contribution in [2.45, 2.75) is 31.6 Å². The summed E-state index contributed by atoms with van der Waals surface area (Å²) in [5.41, 5.74) is 0. The van der Waals surface area contributed by atoms with Crippen molar-refractivity contribution in [2.24, 2.45) is 5.92 Å². The predicted molar refractivity (Wildman–Crippen MR) is 74.1 cm³/mol. The van der Waals surface area contributed by atoms with Crippen molar-refractivity contribution in [3.63, 3.8) is 0 Å². The van der Waals surface area contributed by atoms with Gasteiger partial charge >= 0.3 is 0 Å². The molecule has 0 bridgehead atoms. The fraction of sp³-hybridized carbons (Fsp3) is 0.571. The van der Waals surface area contributed by atoms with Gasteiger partial charge in [-0.1, -0.05) is 19.9 Å². The molecule has 0 heterocycles. The fourth-order valence-corrected chi connectivity index (χ4v) is 2.44. The maximum atomic E-state index is 12.9. The van der Waals surface area contributed by atoms with E-state index in [4.69, 9.17) is 0 Å². The molecule has 1 aromatic rings. The zero-order valence-corrected chi connectivity index (χ0v) is 11.5. The maximum Gasteiger partial charge on any atom is 0.124 e. The molecule has 0 radical (unpaired) electrons. The molecule has 0 spiro atoms. The molecule has 0 amide bonds. The van der Waals surface area contributed by atoms with Gasteiger partial charge in [-0.2, -0.15) is 0 Å². The molecule has 0 atom stereocenters. The van der Waals surface area contributed by atoms with Crippen molar-refractivity contribution < 1.29 is 4.39 Å². The molecule has 17 heavy (non-hydrogen) atoms. The van der Waals surface area contributed by atoms with Gasteiger partial charge in [-0.15, -0.1) is 11.8 Å². The van der Waals surface area contributed by atoms with E-state index in [0.29, 0.717) is 0 Å². The van der Waals surface area contributed by atoms with E-state index in [1.54, 1.807) is 23.9 Å². The van der Waals surface area contributed by atoms with E-state index in [1.807, 2.05) is 6.07 Å². The zero-order chi connectivity index (χ0) is 12.5. The molecule has 0 saturated carbocycles. The Bertz CT molecular complexity index is 315. The molecule has 0 aliphatic rings. The summed E-state index contributed by atoms with van der Waals surface area (Å²) in [5, 5.41) is 3.42. The smallest absolute Gasteiger partial charge is 0.124 e. The van der Waals surface area contributed by atoms with Gasteiger partial charge < -0.3 is 5.32 Å². The highest BCUT2D eigenvalue weighted by Gasteiger charge is 1.97. The molecule has 1 rings (SSSR count). The molecular formula is C14H22FNS. The van der Waals surface area contributed by atoms with Crippen molar-refractivity contribution in [2.75, 3.05) is 18.8 Å². The second-order valence-corrected chi connectivity index (χ2v) is 5.78. The third kappa shape index (κ3) is 7.40. The van der Waals surface area contributed by atoms with Crippen molar-refractivity contribution in [1.82, 2.24) is 5.32 Å². The number of hydrogen-bond acceptors (Lipinski definition) is 2. The molecule has 0 saturated heterocycles. The number of thioether (sulfide) groups is 1. The third-order valence-electron chi connectivity index (χ3n) is 2.37. The van der Waals surface area contributed by atoms with Crippen LogP contribution in [0.15, 0.2) is 29.2 Å². The number of benzene rings is 1. The summed E-state index contributed by atoms with van der Waals surface area (Å²) in [6.45, 7) is 6.61. The molecule has 3 heteroatoms. The van der Waals surface area contributed by atoms with Crippen LogP contribution in [0.2, 0.25) is 0 Å². The Balaban J connectivity index is 2.01. The van der Waals surface area contributed by atoms with Gasteiger partial charge in [0.15, 0.2) is 0 Å². The van der Waals surface area contributed by atoms with E-state index in [1.165, 1.54) is 18.9 Å². The van der Waals surface area contributed by atoms with Gasteiger partial charge in [0.2, 0.25) is 0 Å². The van der Waals surface area contributed by atoms with E-state index >= 15 is 0 Å². The first-order chi connectivity index (χ1) is 8.18. The Morgan fingerprint density at radius 1 is 1.29 bits per heavy atom. The van der Waals surface area contributed by atoms with Gasteiger partial charge in [0.25, 0.3) is 0 Å². The minimum Gasteiger partial charge on any atom is -0.316 e. The van der Waals surface area contributed by atoms with Crippen LogP contribution in [0.5, 0.6) is 0 Å². The Kier molecular flexibility index (Phi) is 7.29. The largest absolute Gasteiger partial charge is 0.316 e. The van der Waals surface area contributed by atoms with Gasteiger partial charge in [-0.3, -0.25) is 0 Å². The van der Waals surface area contributed by atoms with Gasteiger partial charge in [0, 0.05) is 4.90 Å². The molecule has 1 nitrogen and oxygen atoms in total. The van der Waals surface area contributed by atoms with Crippen molar-refractivity contribution >= 4 is 11.8 Å². The molecular weight excluding hydrogens is 233 g/mol. The van der Waals surface area contributed by atoms with Crippen LogP contribution in [0, 0.1) is 11.7 Å². The third-order valence-corrected chi connectivity index (χ3v) is 3.45. The molecule has 96 valence electrons. The molecule has 0 aliphatic carbocycles. The van der Waals surface area contributed by atoms with Gasteiger partial charge in [-0.25, -0.2) is 4.39 Å². The first-order valence-electron chi connectivity index (χ1n) is 6.27. The minimum atomic E-state index is -0.145. The average Bonchev–Trinajstić information content (AvgIpc) is 2.27. The summed E-state index contributed by atoms with van der Waals surface area (Å²) in [4.78, 5) is 1.03. The second-order valence-electron chi connectivity index (χ2n) is 4.61. The average molecular weight is 255 g/mol. The number of hydrogen-bond donors (Lipinski definition) is 1. The highest BCUT2D eigenvalue weighted by Crippen LogP contribution is 2.19. The van der Waals surface area contributed by atoms with Gasteiger partial charge in [-0.05, 0) is 55.8 Å². The second kappa shape index (κ2) is 8.54. The van der Waals surface area contributed by atoms with Crippen LogP contribution in [-0.4, -0.2) is 18.8 Å². The van der Waals surface area contributed by atoms with Crippen LogP contribution in [0.1, 0.15) is 26.7 Å². The first kappa shape index (κ1) is 14.5. The zero-order valence-electron chi connectivity index (χ0n) is 10.7. The van der Waals surface area contributed by atoms with E-state index in [0.717, 1.165) is 29.7 Å². The minimum absolute atomic E-state index is 0.145. The van der Waals surface area contributed by atoms with Crippen LogP contribution in [0.3, 0.4) is 0 Å². The topological polar surface area (TPSA) is 12.0 Å². The summed E-state index contributed by atoms with van der Waals surface area (Å²) >= 11 is 1.73. The van der Waals surface area contributed by atoms with E-state index < -0.39 is 0 Å². The summed E-state index contributed by atoms with van der Waals surface area (Å²) in [6.07, 6.45) is 2.36. The van der Waals surface area contributed by atoms with Crippen LogP contribution < -0.4 is 5.32 Å². The summed E-state index contributed by atoms with van der Waals surface area (Å²) in [7, 11) is 0. The molecule has 0 unspecified atom stereocenters. The Morgan fingerprint density at radius 3 is 2.82 bits per heavy atom. The normalized spacial score (nSPS) is 11.1. The highest BCUT2D eigenvalue weighted by molar-refractivity contribution is 7.99. The van der Waals surface area contributed by atoms with Gasteiger partial charge in [0.05, 0.1) is 0 Å². The molecule has 1 aromatic carbocycles. The van der Waals surface area contributed by atoms with Crippen LogP contribution in [0.4, 0.5) is 4.39 Å². The number of unbranched alkanes of at least 4 members (excludes halogenated alkanes) is 1. The van der Waals surface area contributed by atoms with Gasteiger partial charge in [0.1, 0.15) is 5.82 Å². The van der Waals surface area contributed by atoms with Crippen LogP contribution >= 0.6 is 11.8 Å². The van der Waals surface area contributed by atoms with E-state index in [2.05, 4.69) is 19.2 Å². The number of halogens is 1. The lowest BCUT2D eigenvalue weighted by Crippen LogP contribution is -2.20. The monoisotopic (exact) mass is 255 g/mol. The number of rotatable bonds is 8.